The molecule has 0 atom stereocenters. The van der Waals surface area contributed by atoms with E-state index >= 15 is 0 Å². The minimum absolute atomic E-state index is 0.282. The highest BCUT2D eigenvalue weighted by molar-refractivity contribution is 5.63. The Bertz CT molecular complexity index is 1270. The number of hydrogen-bond donors (Lipinski definition) is 0. The van der Waals surface area contributed by atoms with E-state index in [4.69, 9.17) is 19.3 Å². The topological polar surface area (TPSA) is 78.9 Å². The highest BCUT2D eigenvalue weighted by Crippen LogP contribution is 2.39. The maximum absolute atomic E-state index is 5.84. The summed E-state index contributed by atoms with van der Waals surface area (Å²) in [5.41, 5.74) is 6.53. The van der Waals surface area contributed by atoms with Gasteiger partial charge in [-0.3, -0.25) is 4.68 Å². The summed E-state index contributed by atoms with van der Waals surface area (Å²) in [5, 5.41) is 9.07. The average molecular weight is 444 g/mol. The van der Waals surface area contributed by atoms with E-state index in [-0.39, 0.29) is 5.41 Å². The lowest BCUT2D eigenvalue weighted by molar-refractivity contribution is 0.294. The number of hydrogen-bond acceptors (Lipinski definition) is 6. The Morgan fingerprint density at radius 2 is 2.00 bits per heavy atom. The third-order valence-electron chi connectivity index (χ3n) is 6.35. The van der Waals surface area contributed by atoms with Crippen molar-refractivity contribution in [2.45, 2.75) is 60.1 Å². The van der Waals surface area contributed by atoms with Gasteiger partial charge in [-0.05, 0) is 49.7 Å². The first kappa shape index (κ1) is 21.4. The largest absolute Gasteiger partial charge is 0.473 e. The van der Waals surface area contributed by atoms with Crippen LogP contribution in [0.2, 0.25) is 0 Å². The number of pyridine rings is 1. The summed E-state index contributed by atoms with van der Waals surface area (Å²) in [5.74, 6) is 1.56. The van der Waals surface area contributed by atoms with Crippen LogP contribution in [0.4, 0.5) is 0 Å². The van der Waals surface area contributed by atoms with Crippen molar-refractivity contribution >= 4 is 0 Å². The van der Waals surface area contributed by atoms with Gasteiger partial charge >= 0.3 is 0 Å². The van der Waals surface area contributed by atoms with Crippen LogP contribution in [0.3, 0.4) is 0 Å². The van der Waals surface area contributed by atoms with Gasteiger partial charge in [-0.1, -0.05) is 49.3 Å². The predicted octanol–water partition coefficient (Wildman–Crippen LogP) is 5.42. The highest BCUT2D eigenvalue weighted by Gasteiger charge is 2.32. The Morgan fingerprint density at radius 1 is 1.18 bits per heavy atom. The van der Waals surface area contributed by atoms with E-state index in [1.165, 1.54) is 11.3 Å². The van der Waals surface area contributed by atoms with E-state index < -0.39 is 0 Å². The number of aromatic nitrogens is 5. The van der Waals surface area contributed by atoms with Crippen molar-refractivity contribution in [1.82, 2.24) is 24.9 Å². The molecule has 0 bridgehead atoms. The van der Waals surface area contributed by atoms with Crippen LogP contribution >= 0.6 is 0 Å². The van der Waals surface area contributed by atoms with Crippen molar-refractivity contribution in [1.29, 1.82) is 0 Å². The van der Waals surface area contributed by atoms with Crippen molar-refractivity contribution in [3.05, 3.63) is 65.0 Å². The molecule has 0 spiro atoms. The van der Waals surface area contributed by atoms with E-state index in [0.717, 1.165) is 48.2 Å². The van der Waals surface area contributed by atoms with Crippen molar-refractivity contribution in [2.24, 2.45) is 5.41 Å². The molecule has 7 nitrogen and oxygen atoms in total. The van der Waals surface area contributed by atoms with E-state index in [1.807, 2.05) is 43.3 Å². The van der Waals surface area contributed by atoms with Gasteiger partial charge in [0.05, 0.1) is 0 Å². The summed E-state index contributed by atoms with van der Waals surface area (Å²) in [4.78, 5) is 9.15. The zero-order chi connectivity index (χ0) is 23.0. The predicted molar refractivity (Wildman–Crippen MR) is 126 cm³/mol. The van der Waals surface area contributed by atoms with Crippen molar-refractivity contribution in [3.8, 4) is 28.9 Å². The lowest BCUT2D eigenvalue weighted by Crippen LogP contribution is -2.24. The lowest BCUT2D eigenvalue weighted by atomic mass is 9.76. The van der Waals surface area contributed by atoms with Gasteiger partial charge in [0.2, 0.25) is 11.7 Å². The van der Waals surface area contributed by atoms with E-state index in [2.05, 4.69) is 35.6 Å². The van der Waals surface area contributed by atoms with Crippen molar-refractivity contribution in [3.63, 3.8) is 0 Å². The van der Waals surface area contributed by atoms with Crippen LogP contribution in [0.15, 0.2) is 47.1 Å². The molecule has 1 aliphatic rings. The molecule has 33 heavy (non-hydrogen) atoms. The first-order valence-electron chi connectivity index (χ1n) is 11.5. The van der Waals surface area contributed by atoms with Gasteiger partial charge in [0, 0.05) is 35.6 Å². The van der Waals surface area contributed by atoms with Gasteiger partial charge in [-0.15, -0.1) is 0 Å². The summed E-state index contributed by atoms with van der Waals surface area (Å²) < 4.78 is 13.6. The Labute approximate surface area is 193 Å². The molecule has 4 aromatic rings. The number of benzene rings is 1. The normalized spacial score (nSPS) is 14.8. The number of fused-ring (bicyclic) bond motifs is 1. The molecular weight excluding hydrogens is 414 g/mol. The minimum Gasteiger partial charge on any atom is -0.473 e. The summed E-state index contributed by atoms with van der Waals surface area (Å²) in [6.45, 7) is 10.0. The zero-order valence-electron chi connectivity index (χ0n) is 19.6. The average Bonchev–Trinajstić information content (AvgIpc) is 3.42. The van der Waals surface area contributed by atoms with Gasteiger partial charge in [-0.2, -0.15) is 10.1 Å². The zero-order valence-corrected chi connectivity index (χ0v) is 19.6. The quantitative estimate of drug-likeness (QED) is 0.396. The van der Waals surface area contributed by atoms with Gasteiger partial charge < -0.3 is 9.26 Å². The van der Waals surface area contributed by atoms with E-state index in [9.17, 15) is 0 Å². The van der Waals surface area contributed by atoms with Crippen LogP contribution in [0, 0.1) is 12.3 Å². The monoisotopic (exact) mass is 443 g/mol. The standard InChI is InChI=1S/C26H29N5O2/c1-5-31-21-14-26(3,4)12-11-19(21)23(29-31)25-28-24(30-33-25)20-15-27-22(13-17(20)2)32-16-18-9-7-6-8-10-18/h6-10,13,15H,5,11-12,14,16H2,1-4H3. The first-order chi connectivity index (χ1) is 15.9. The summed E-state index contributed by atoms with van der Waals surface area (Å²) in [6.07, 6.45) is 4.85. The van der Waals surface area contributed by atoms with Crippen LogP contribution in [0.5, 0.6) is 5.88 Å². The Balaban J connectivity index is 1.39. The SMILES string of the molecule is CCn1nc(-c2nc(-c3cnc(OCc4ccccc4)cc3C)no2)c2c1CC(C)(C)CC2. The number of rotatable bonds is 6. The number of aryl methyl sites for hydroxylation is 2. The molecule has 0 aliphatic heterocycles. The smallest absolute Gasteiger partial charge is 0.279 e. The van der Waals surface area contributed by atoms with Crippen LogP contribution in [0.25, 0.3) is 23.0 Å². The molecule has 7 heteroatoms. The maximum Gasteiger partial charge on any atom is 0.279 e. The Kier molecular flexibility index (Phi) is 5.48. The molecule has 3 aromatic heterocycles. The lowest BCUT2D eigenvalue weighted by Gasteiger charge is -2.30. The third kappa shape index (κ3) is 4.27. The molecule has 170 valence electrons. The van der Waals surface area contributed by atoms with Gasteiger partial charge in [0.25, 0.3) is 5.89 Å². The van der Waals surface area contributed by atoms with E-state index in [0.29, 0.717) is 24.2 Å². The molecule has 0 radical (unpaired) electrons. The fourth-order valence-electron chi connectivity index (χ4n) is 4.44. The molecule has 0 saturated heterocycles. The van der Waals surface area contributed by atoms with Crippen molar-refractivity contribution < 1.29 is 9.26 Å². The number of nitrogens with zero attached hydrogens (tertiary/aromatic N) is 5. The maximum atomic E-state index is 5.84. The molecule has 0 amide bonds. The molecule has 3 heterocycles. The summed E-state index contributed by atoms with van der Waals surface area (Å²) >= 11 is 0. The fourth-order valence-corrected chi connectivity index (χ4v) is 4.44. The molecule has 0 fully saturated rings. The van der Waals surface area contributed by atoms with Gasteiger partial charge in [0.1, 0.15) is 6.61 Å². The number of ether oxygens (including phenoxy) is 1. The van der Waals surface area contributed by atoms with E-state index in [1.54, 1.807) is 6.20 Å². The summed E-state index contributed by atoms with van der Waals surface area (Å²) in [6, 6.07) is 11.9. The molecule has 0 saturated carbocycles. The molecule has 0 N–H and O–H groups in total. The highest BCUT2D eigenvalue weighted by atomic mass is 16.5. The second-order valence-corrected chi connectivity index (χ2v) is 9.47. The molecule has 1 aliphatic carbocycles. The second kappa shape index (κ2) is 8.46. The molecule has 5 rings (SSSR count). The van der Waals surface area contributed by atoms with Gasteiger partial charge in [0.15, 0.2) is 5.69 Å². The molecular formula is C26H29N5O2. The van der Waals surface area contributed by atoms with Crippen LogP contribution in [-0.2, 0) is 26.0 Å². The van der Waals surface area contributed by atoms with Gasteiger partial charge in [-0.25, -0.2) is 4.98 Å². The fraction of sp³-hybridized carbons (Fsp3) is 0.385. The van der Waals surface area contributed by atoms with Crippen LogP contribution < -0.4 is 4.74 Å². The molecule has 0 unspecified atom stereocenters. The van der Waals surface area contributed by atoms with Crippen molar-refractivity contribution in [2.75, 3.05) is 0 Å². The minimum atomic E-state index is 0.282. The third-order valence-corrected chi connectivity index (χ3v) is 6.35. The van der Waals surface area contributed by atoms with Crippen LogP contribution in [0.1, 0.15) is 49.6 Å². The molecule has 1 aromatic carbocycles. The first-order valence-corrected chi connectivity index (χ1v) is 11.5. The Hall–Kier alpha value is -3.48. The second-order valence-electron chi connectivity index (χ2n) is 9.47. The summed E-state index contributed by atoms with van der Waals surface area (Å²) in [7, 11) is 0. The van der Waals surface area contributed by atoms with Crippen LogP contribution in [-0.4, -0.2) is 24.9 Å². The Morgan fingerprint density at radius 3 is 2.76 bits per heavy atom.